The van der Waals surface area contributed by atoms with E-state index in [1.807, 2.05) is 32.0 Å². The predicted molar refractivity (Wildman–Crippen MR) is 84.3 cm³/mol. The Kier molecular flexibility index (Phi) is 3.55. The summed E-state index contributed by atoms with van der Waals surface area (Å²) >= 11 is 6.09. The number of aryl methyl sites for hydroxylation is 1. The number of imidazole rings is 1. The van der Waals surface area contributed by atoms with Crippen molar-refractivity contribution in [2.24, 2.45) is 0 Å². The highest BCUT2D eigenvalue weighted by Crippen LogP contribution is 2.27. The van der Waals surface area contributed by atoms with Crippen molar-refractivity contribution in [3.63, 3.8) is 0 Å². The average Bonchev–Trinajstić information content (AvgIpc) is 2.77. The Balaban J connectivity index is 1.86. The monoisotopic (exact) mass is 303 g/mol. The van der Waals surface area contributed by atoms with E-state index in [4.69, 9.17) is 11.6 Å². The summed E-state index contributed by atoms with van der Waals surface area (Å²) in [4.78, 5) is 7.57. The van der Waals surface area contributed by atoms with E-state index in [-0.39, 0.29) is 11.9 Å². The van der Waals surface area contributed by atoms with Crippen LogP contribution < -0.4 is 5.32 Å². The maximum atomic E-state index is 13.1. The van der Waals surface area contributed by atoms with Crippen LogP contribution in [0.5, 0.6) is 0 Å². The van der Waals surface area contributed by atoms with Crippen LogP contribution in [0.1, 0.15) is 24.4 Å². The molecular formula is C16H15ClFN3. The van der Waals surface area contributed by atoms with E-state index in [9.17, 15) is 4.39 Å². The predicted octanol–water partition coefficient (Wildman–Crippen LogP) is 4.84. The highest BCUT2D eigenvalue weighted by molar-refractivity contribution is 6.31. The molecule has 5 heteroatoms. The first kappa shape index (κ1) is 13.9. The molecule has 0 aliphatic rings. The molecule has 3 nitrogen and oxygen atoms in total. The number of nitrogens with one attached hydrogen (secondary N) is 2. The average molecular weight is 304 g/mol. The van der Waals surface area contributed by atoms with Crippen molar-refractivity contribution in [2.75, 3.05) is 5.32 Å². The Morgan fingerprint density at radius 2 is 2.05 bits per heavy atom. The molecule has 3 rings (SSSR count). The smallest absolute Gasteiger partial charge is 0.124 e. The number of hydrogen-bond donors (Lipinski definition) is 2. The van der Waals surface area contributed by atoms with Crippen molar-refractivity contribution in [3.8, 4) is 0 Å². The third-order valence-electron chi connectivity index (χ3n) is 3.41. The van der Waals surface area contributed by atoms with Gasteiger partial charge >= 0.3 is 0 Å². The number of halogens is 2. The molecule has 3 aromatic rings. The highest BCUT2D eigenvalue weighted by atomic mass is 35.5. The molecule has 0 fully saturated rings. The van der Waals surface area contributed by atoms with E-state index >= 15 is 0 Å². The van der Waals surface area contributed by atoms with Crippen molar-refractivity contribution in [3.05, 3.63) is 58.6 Å². The Bertz CT molecular complexity index is 797. The van der Waals surface area contributed by atoms with E-state index in [1.165, 1.54) is 12.1 Å². The summed E-state index contributed by atoms with van der Waals surface area (Å²) in [6.45, 7) is 3.91. The summed E-state index contributed by atoms with van der Waals surface area (Å²) in [7, 11) is 0. The van der Waals surface area contributed by atoms with E-state index < -0.39 is 0 Å². The topological polar surface area (TPSA) is 40.7 Å². The van der Waals surface area contributed by atoms with Crippen LogP contribution in [0.25, 0.3) is 11.0 Å². The molecule has 2 N–H and O–H groups in total. The van der Waals surface area contributed by atoms with Gasteiger partial charge in [0.1, 0.15) is 11.6 Å². The van der Waals surface area contributed by atoms with Crippen molar-refractivity contribution >= 4 is 28.3 Å². The molecule has 0 radical (unpaired) electrons. The third-order valence-corrected chi connectivity index (χ3v) is 3.74. The maximum absolute atomic E-state index is 13.1. The van der Waals surface area contributed by atoms with Crippen molar-refractivity contribution < 1.29 is 4.39 Å². The van der Waals surface area contributed by atoms with Crippen molar-refractivity contribution in [2.45, 2.75) is 19.9 Å². The molecule has 21 heavy (non-hydrogen) atoms. The second-order valence-corrected chi connectivity index (χ2v) is 5.49. The molecule has 0 amide bonds. The number of aromatic nitrogens is 2. The van der Waals surface area contributed by atoms with E-state index in [1.54, 1.807) is 6.07 Å². The van der Waals surface area contributed by atoms with Gasteiger partial charge < -0.3 is 10.3 Å². The van der Waals surface area contributed by atoms with Crippen LogP contribution >= 0.6 is 11.6 Å². The molecular weight excluding hydrogens is 289 g/mol. The molecule has 1 heterocycles. The number of fused-ring (bicyclic) bond motifs is 1. The molecule has 0 saturated heterocycles. The molecule has 108 valence electrons. The van der Waals surface area contributed by atoms with Gasteiger partial charge in [-0.25, -0.2) is 9.37 Å². The lowest BCUT2D eigenvalue weighted by Gasteiger charge is -2.17. The van der Waals surface area contributed by atoms with Crippen molar-refractivity contribution in [1.29, 1.82) is 0 Å². The highest BCUT2D eigenvalue weighted by Gasteiger charge is 2.11. The van der Waals surface area contributed by atoms with Crippen molar-refractivity contribution in [1.82, 2.24) is 9.97 Å². The zero-order valence-corrected chi connectivity index (χ0v) is 12.5. The fourth-order valence-electron chi connectivity index (χ4n) is 2.41. The third kappa shape index (κ3) is 2.85. The summed E-state index contributed by atoms with van der Waals surface area (Å²) < 4.78 is 13.1. The molecule has 0 aliphatic carbocycles. The Hall–Kier alpha value is -2.07. The van der Waals surface area contributed by atoms with Gasteiger partial charge in [0, 0.05) is 16.8 Å². The molecule has 2 aromatic carbocycles. The van der Waals surface area contributed by atoms with Gasteiger partial charge in [-0.3, -0.25) is 0 Å². The van der Waals surface area contributed by atoms with Gasteiger partial charge in [-0.2, -0.15) is 0 Å². The lowest BCUT2D eigenvalue weighted by Crippen LogP contribution is -2.07. The van der Waals surface area contributed by atoms with E-state index in [0.717, 1.165) is 28.1 Å². The normalized spacial score (nSPS) is 12.6. The number of anilines is 1. The van der Waals surface area contributed by atoms with Crippen LogP contribution in [-0.4, -0.2) is 9.97 Å². The van der Waals surface area contributed by atoms with Gasteiger partial charge in [-0.05, 0) is 49.7 Å². The van der Waals surface area contributed by atoms with E-state index in [0.29, 0.717) is 5.02 Å². The SMILES string of the molecule is Cc1nc2ccc(NC(C)c3ccc(F)cc3Cl)cc2[nH]1. The van der Waals surface area contributed by atoms with E-state index in [2.05, 4.69) is 15.3 Å². The first-order valence-electron chi connectivity index (χ1n) is 6.71. The fourth-order valence-corrected chi connectivity index (χ4v) is 2.74. The lowest BCUT2D eigenvalue weighted by atomic mass is 10.1. The summed E-state index contributed by atoms with van der Waals surface area (Å²) in [6.07, 6.45) is 0. The molecule has 0 bridgehead atoms. The number of nitrogens with zero attached hydrogens (tertiary/aromatic N) is 1. The second-order valence-electron chi connectivity index (χ2n) is 5.09. The molecule has 1 aromatic heterocycles. The van der Waals surface area contributed by atoms with Crippen LogP contribution in [0.3, 0.4) is 0 Å². The van der Waals surface area contributed by atoms with Crippen LogP contribution in [-0.2, 0) is 0 Å². The van der Waals surface area contributed by atoms with Gasteiger partial charge in [-0.1, -0.05) is 17.7 Å². The number of hydrogen-bond acceptors (Lipinski definition) is 2. The maximum Gasteiger partial charge on any atom is 0.124 e. The van der Waals surface area contributed by atoms with Gasteiger partial charge in [0.15, 0.2) is 0 Å². The Morgan fingerprint density at radius 1 is 1.24 bits per heavy atom. The summed E-state index contributed by atoms with van der Waals surface area (Å²) in [5.41, 5.74) is 3.73. The Labute approximate surface area is 127 Å². The quantitative estimate of drug-likeness (QED) is 0.727. The molecule has 1 unspecified atom stereocenters. The number of aromatic amines is 1. The van der Waals surface area contributed by atoms with Crippen LogP contribution in [0.2, 0.25) is 5.02 Å². The molecule has 0 aliphatic heterocycles. The zero-order valence-electron chi connectivity index (χ0n) is 11.7. The van der Waals surface area contributed by atoms with Crippen LogP contribution in [0, 0.1) is 12.7 Å². The number of benzene rings is 2. The van der Waals surface area contributed by atoms with Gasteiger partial charge in [0.05, 0.1) is 11.0 Å². The van der Waals surface area contributed by atoms with Gasteiger partial charge in [0.2, 0.25) is 0 Å². The Morgan fingerprint density at radius 3 is 2.81 bits per heavy atom. The molecule has 0 spiro atoms. The minimum Gasteiger partial charge on any atom is -0.378 e. The van der Waals surface area contributed by atoms with Gasteiger partial charge in [0.25, 0.3) is 0 Å². The van der Waals surface area contributed by atoms with Gasteiger partial charge in [-0.15, -0.1) is 0 Å². The zero-order chi connectivity index (χ0) is 15.0. The summed E-state index contributed by atoms with van der Waals surface area (Å²) in [6, 6.07) is 10.4. The minimum atomic E-state index is -0.328. The summed E-state index contributed by atoms with van der Waals surface area (Å²) in [5, 5.41) is 3.79. The molecule has 0 saturated carbocycles. The lowest BCUT2D eigenvalue weighted by molar-refractivity contribution is 0.626. The first-order chi connectivity index (χ1) is 10.0. The van der Waals surface area contributed by atoms with Crippen LogP contribution in [0.15, 0.2) is 36.4 Å². The standard InChI is InChI=1S/C16H15ClFN3/c1-9(13-5-3-11(18)7-14(13)17)19-12-4-6-15-16(8-12)21-10(2)20-15/h3-9,19H,1-2H3,(H,20,21). The second kappa shape index (κ2) is 5.37. The fraction of sp³-hybridized carbons (Fsp3) is 0.188. The number of rotatable bonds is 3. The van der Waals surface area contributed by atoms with Crippen LogP contribution in [0.4, 0.5) is 10.1 Å². The largest absolute Gasteiger partial charge is 0.378 e. The number of H-pyrrole nitrogens is 1. The first-order valence-corrected chi connectivity index (χ1v) is 7.08. The molecule has 1 atom stereocenters. The summed E-state index contributed by atoms with van der Waals surface area (Å²) in [5.74, 6) is 0.557. The minimum absolute atomic E-state index is 0.0282.